The van der Waals surface area contributed by atoms with E-state index in [4.69, 9.17) is 5.73 Å². The maximum atomic E-state index is 11.9. The van der Waals surface area contributed by atoms with Gasteiger partial charge in [-0.3, -0.25) is 14.5 Å². The minimum Gasteiger partial charge on any atom is -0.368 e. The maximum Gasteiger partial charge on any atom is 0.241 e. The van der Waals surface area contributed by atoms with Gasteiger partial charge in [-0.25, -0.2) is 8.42 Å². The van der Waals surface area contributed by atoms with Crippen molar-refractivity contribution >= 4 is 21.7 Å². The van der Waals surface area contributed by atoms with Crippen LogP contribution in [-0.2, 0) is 19.4 Å². The van der Waals surface area contributed by atoms with E-state index in [1.807, 2.05) is 4.90 Å². The molecule has 0 aliphatic carbocycles. The quantitative estimate of drug-likeness (QED) is 0.645. The smallest absolute Gasteiger partial charge is 0.241 e. The molecule has 0 aromatic rings. The molecule has 0 radical (unpaired) electrons. The van der Waals surface area contributed by atoms with Gasteiger partial charge >= 0.3 is 0 Å². The molecule has 8 heteroatoms. The summed E-state index contributed by atoms with van der Waals surface area (Å²) < 4.78 is 22.1. The summed E-state index contributed by atoms with van der Waals surface area (Å²) in [5.74, 6) is -1.23. The lowest BCUT2D eigenvalue weighted by atomic mass is 10.0. The van der Waals surface area contributed by atoms with Crippen molar-refractivity contribution in [1.29, 1.82) is 0 Å². The lowest BCUT2D eigenvalue weighted by Crippen LogP contribution is -2.60. The van der Waals surface area contributed by atoms with Gasteiger partial charge in [-0.05, 0) is 39.8 Å². The Morgan fingerprint density at radius 3 is 2.20 bits per heavy atom. The molecule has 116 valence electrons. The molecule has 0 saturated carbocycles. The van der Waals surface area contributed by atoms with Gasteiger partial charge in [0, 0.05) is 6.26 Å². The number of likely N-dealkylation sites (tertiary alicyclic amines) is 1. The minimum atomic E-state index is -3.55. The van der Waals surface area contributed by atoms with E-state index in [1.54, 1.807) is 0 Å². The van der Waals surface area contributed by atoms with E-state index in [2.05, 4.69) is 5.32 Å². The summed E-state index contributed by atoms with van der Waals surface area (Å²) in [6.45, 7) is 4.60. The second-order valence-corrected chi connectivity index (χ2v) is 8.36. The molecule has 0 spiro atoms. The number of amides is 2. The van der Waals surface area contributed by atoms with Crippen LogP contribution in [-0.4, -0.2) is 61.8 Å². The van der Waals surface area contributed by atoms with Crippen molar-refractivity contribution in [3.05, 3.63) is 0 Å². The molecule has 7 nitrogen and oxygen atoms in total. The Hall–Kier alpha value is -1.15. The monoisotopic (exact) mass is 305 g/mol. The summed E-state index contributed by atoms with van der Waals surface area (Å²) in [5, 5.41) is 2.46. The molecule has 3 N–H and O–H groups in total. The molecule has 1 unspecified atom stereocenters. The van der Waals surface area contributed by atoms with Gasteiger partial charge in [-0.15, -0.1) is 0 Å². The summed E-state index contributed by atoms with van der Waals surface area (Å²) in [6, 6.07) is -1.24. The van der Waals surface area contributed by atoms with Crippen LogP contribution in [0.1, 0.15) is 26.7 Å². The summed E-state index contributed by atoms with van der Waals surface area (Å²) in [5.41, 5.74) is 5.24. The highest BCUT2D eigenvalue weighted by atomic mass is 32.2. The van der Waals surface area contributed by atoms with Crippen LogP contribution in [0.15, 0.2) is 0 Å². The first-order chi connectivity index (χ1) is 9.05. The fourth-order valence-corrected chi connectivity index (χ4v) is 2.76. The fraction of sp³-hybridized carbons (Fsp3) is 0.833. The van der Waals surface area contributed by atoms with E-state index in [1.165, 1.54) is 13.8 Å². The zero-order valence-corrected chi connectivity index (χ0v) is 13.0. The molecule has 1 saturated heterocycles. The Balaban J connectivity index is 2.77. The van der Waals surface area contributed by atoms with Gasteiger partial charge in [0.25, 0.3) is 0 Å². The number of rotatable bonds is 6. The van der Waals surface area contributed by atoms with Crippen molar-refractivity contribution in [3.63, 3.8) is 0 Å². The van der Waals surface area contributed by atoms with E-state index in [-0.39, 0.29) is 12.5 Å². The Kier molecular flexibility index (Phi) is 5.15. The number of nitrogens with two attached hydrogens (primary N) is 1. The van der Waals surface area contributed by atoms with Crippen molar-refractivity contribution in [1.82, 2.24) is 10.2 Å². The van der Waals surface area contributed by atoms with E-state index in [9.17, 15) is 18.0 Å². The van der Waals surface area contributed by atoms with Crippen molar-refractivity contribution in [2.45, 2.75) is 37.5 Å². The van der Waals surface area contributed by atoms with Crippen LogP contribution in [0.2, 0.25) is 0 Å². The molecule has 1 rings (SSSR count). The SMILES string of the molecule is CC(C)(C(NC(=O)CN1CCCC1)C(N)=O)S(C)(=O)=O. The third-order valence-corrected chi connectivity index (χ3v) is 5.95. The second kappa shape index (κ2) is 6.09. The van der Waals surface area contributed by atoms with Crippen molar-refractivity contribution < 1.29 is 18.0 Å². The summed E-state index contributed by atoms with van der Waals surface area (Å²) in [7, 11) is -3.55. The molecule has 2 amide bonds. The van der Waals surface area contributed by atoms with Gasteiger partial charge in [0.15, 0.2) is 9.84 Å². The number of hydrogen-bond donors (Lipinski definition) is 2. The third-order valence-electron chi connectivity index (χ3n) is 3.81. The number of sulfone groups is 1. The summed E-state index contributed by atoms with van der Waals surface area (Å²) >= 11 is 0. The number of hydrogen-bond acceptors (Lipinski definition) is 5. The maximum absolute atomic E-state index is 11.9. The van der Waals surface area contributed by atoms with Gasteiger partial charge < -0.3 is 11.1 Å². The number of carbonyl (C=O) groups excluding carboxylic acids is 2. The zero-order chi connectivity index (χ0) is 15.6. The van der Waals surface area contributed by atoms with Crippen LogP contribution in [0.5, 0.6) is 0 Å². The normalized spacial score (nSPS) is 18.8. The van der Waals surface area contributed by atoms with Crippen LogP contribution in [0.4, 0.5) is 0 Å². The van der Waals surface area contributed by atoms with Crippen molar-refractivity contribution in [3.8, 4) is 0 Å². The highest BCUT2D eigenvalue weighted by Gasteiger charge is 2.43. The Labute approximate surface area is 119 Å². The molecule has 20 heavy (non-hydrogen) atoms. The highest BCUT2D eigenvalue weighted by molar-refractivity contribution is 7.92. The van der Waals surface area contributed by atoms with Gasteiger partial charge in [0.2, 0.25) is 11.8 Å². The predicted molar refractivity (Wildman–Crippen MR) is 75.7 cm³/mol. The molecule has 1 atom stereocenters. The number of nitrogens with zero attached hydrogens (tertiary/aromatic N) is 1. The lowest BCUT2D eigenvalue weighted by molar-refractivity contribution is -0.128. The molecular formula is C12H23N3O4S. The Morgan fingerprint density at radius 1 is 1.30 bits per heavy atom. The standard InChI is InChI=1S/C12H23N3O4S/c1-12(2,20(3,18)19)10(11(13)17)14-9(16)8-15-6-4-5-7-15/h10H,4-8H2,1-3H3,(H2,13,17)(H,14,16). The molecule has 1 aliphatic heterocycles. The first-order valence-electron chi connectivity index (χ1n) is 6.56. The van der Waals surface area contributed by atoms with Crippen LogP contribution in [0.25, 0.3) is 0 Å². The van der Waals surface area contributed by atoms with E-state index < -0.39 is 26.5 Å². The molecular weight excluding hydrogens is 282 g/mol. The third kappa shape index (κ3) is 3.92. The Morgan fingerprint density at radius 2 is 1.80 bits per heavy atom. The lowest BCUT2D eigenvalue weighted by Gasteiger charge is -2.31. The van der Waals surface area contributed by atoms with Crippen LogP contribution in [0, 0.1) is 0 Å². The van der Waals surface area contributed by atoms with Gasteiger partial charge in [-0.2, -0.15) is 0 Å². The molecule has 0 aromatic carbocycles. The molecule has 0 aromatic heterocycles. The average molecular weight is 305 g/mol. The Bertz CT molecular complexity index is 481. The first-order valence-corrected chi connectivity index (χ1v) is 8.45. The predicted octanol–water partition coefficient (Wildman–Crippen LogP) is -1.12. The second-order valence-electron chi connectivity index (χ2n) is 5.76. The van der Waals surface area contributed by atoms with Gasteiger partial charge in [-0.1, -0.05) is 0 Å². The minimum absolute atomic E-state index is 0.156. The van der Waals surface area contributed by atoms with E-state index in [0.29, 0.717) is 0 Å². The highest BCUT2D eigenvalue weighted by Crippen LogP contribution is 2.20. The zero-order valence-electron chi connectivity index (χ0n) is 12.2. The van der Waals surface area contributed by atoms with Gasteiger partial charge in [0.05, 0.1) is 11.3 Å². The summed E-state index contributed by atoms with van der Waals surface area (Å²) in [4.78, 5) is 25.4. The number of carbonyl (C=O) groups is 2. The molecule has 1 aliphatic rings. The van der Waals surface area contributed by atoms with E-state index in [0.717, 1.165) is 32.2 Å². The fourth-order valence-electron chi connectivity index (χ4n) is 2.15. The first kappa shape index (κ1) is 16.9. The number of primary amides is 1. The van der Waals surface area contributed by atoms with Crippen molar-refractivity contribution in [2.24, 2.45) is 5.73 Å². The number of nitrogens with one attached hydrogen (secondary N) is 1. The molecule has 1 heterocycles. The van der Waals surface area contributed by atoms with Crippen LogP contribution >= 0.6 is 0 Å². The van der Waals surface area contributed by atoms with Crippen molar-refractivity contribution in [2.75, 3.05) is 25.9 Å². The van der Waals surface area contributed by atoms with E-state index >= 15 is 0 Å². The molecule has 0 bridgehead atoms. The average Bonchev–Trinajstić information content (AvgIpc) is 2.76. The largest absolute Gasteiger partial charge is 0.368 e. The summed E-state index contributed by atoms with van der Waals surface area (Å²) in [6.07, 6.45) is 3.11. The van der Waals surface area contributed by atoms with Crippen LogP contribution < -0.4 is 11.1 Å². The van der Waals surface area contributed by atoms with Gasteiger partial charge in [0.1, 0.15) is 6.04 Å². The van der Waals surface area contributed by atoms with Crippen LogP contribution in [0.3, 0.4) is 0 Å². The molecule has 1 fully saturated rings. The topological polar surface area (TPSA) is 110 Å².